The van der Waals surface area contributed by atoms with E-state index in [0.717, 1.165) is 12.8 Å². The summed E-state index contributed by atoms with van der Waals surface area (Å²) in [7, 11) is 1.27. The summed E-state index contributed by atoms with van der Waals surface area (Å²) in [6, 6.07) is 3.42. The second-order valence-corrected chi connectivity index (χ2v) is 4.70. The molecule has 0 saturated carbocycles. The van der Waals surface area contributed by atoms with Crippen LogP contribution in [0.25, 0.3) is 0 Å². The number of hydrogen-bond donors (Lipinski definition) is 2. The van der Waals surface area contributed by atoms with E-state index >= 15 is 0 Å². The number of carbonyl (C=O) groups is 2. The summed E-state index contributed by atoms with van der Waals surface area (Å²) >= 11 is 0. The first-order valence-corrected chi connectivity index (χ1v) is 6.46. The minimum Gasteiger partial charge on any atom is -0.507 e. The molecule has 0 radical (unpaired) electrons. The van der Waals surface area contributed by atoms with Crippen LogP contribution in [0.15, 0.2) is 18.2 Å². The van der Waals surface area contributed by atoms with Crippen LogP contribution in [-0.2, 0) is 9.53 Å². The first kappa shape index (κ1) is 14.2. The van der Waals surface area contributed by atoms with Gasteiger partial charge in [-0.3, -0.25) is 4.79 Å². The minimum atomic E-state index is -0.666. The van der Waals surface area contributed by atoms with Gasteiger partial charge in [0, 0.05) is 6.54 Å². The number of aromatic hydroxyl groups is 2. The Bertz CT molecular complexity index is 508. The fraction of sp³-hybridized carbons (Fsp3) is 0.429. The number of ether oxygens (including phenoxy) is 1. The summed E-state index contributed by atoms with van der Waals surface area (Å²) in [6.07, 6.45) is 2.12. The van der Waals surface area contributed by atoms with Crippen LogP contribution in [0.3, 0.4) is 0 Å². The molecule has 0 unspecified atom stereocenters. The Kier molecular flexibility index (Phi) is 4.12. The fourth-order valence-corrected chi connectivity index (χ4v) is 2.45. The molecule has 2 rings (SSSR count). The summed E-state index contributed by atoms with van der Waals surface area (Å²) in [5.41, 5.74) is -0.177. The van der Waals surface area contributed by atoms with E-state index < -0.39 is 17.9 Å². The van der Waals surface area contributed by atoms with E-state index in [4.69, 9.17) is 4.74 Å². The number of methoxy groups -OCH3 is 1. The summed E-state index contributed by atoms with van der Waals surface area (Å²) < 4.78 is 4.71. The number of phenolic OH excluding ortho intramolecular Hbond substituents is 2. The van der Waals surface area contributed by atoms with E-state index in [2.05, 4.69) is 0 Å². The normalized spacial score (nSPS) is 18.6. The zero-order valence-electron chi connectivity index (χ0n) is 11.2. The van der Waals surface area contributed by atoms with Crippen LogP contribution in [0, 0.1) is 0 Å². The first-order chi connectivity index (χ1) is 9.56. The van der Waals surface area contributed by atoms with Crippen LogP contribution in [0.5, 0.6) is 11.5 Å². The maximum absolute atomic E-state index is 12.5. The molecule has 0 aliphatic carbocycles. The van der Waals surface area contributed by atoms with Crippen LogP contribution >= 0.6 is 0 Å². The number of piperidine rings is 1. The van der Waals surface area contributed by atoms with Crippen LogP contribution in [0.1, 0.15) is 29.6 Å². The lowest BCUT2D eigenvalue weighted by atomic mass is 10.0. The van der Waals surface area contributed by atoms with E-state index in [9.17, 15) is 19.8 Å². The molecular formula is C14H17NO5. The molecule has 1 saturated heterocycles. The molecule has 0 aromatic heterocycles. The van der Waals surface area contributed by atoms with E-state index in [1.165, 1.54) is 30.2 Å². The summed E-state index contributed by atoms with van der Waals surface area (Å²) in [5, 5.41) is 19.5. The van der Waals surface area contributed by atoms with Gasteiger partial charge in [-0.2, -0.15) is 0 Å². The molecule has 1 aliphatic heterocycles. The number of nitrogens with zero attached hydrogens (tertiary/aromatic N) is 1. The molecule has 1 heterocycles. The summed E-state index contributed by atoms with van der Waals surface area (Å²) in [5.74, 6) is -1.64. The molecule has 108 valence electrons. The maximum Gasteiger partial charge on any atom is 0.328 e. The number of phenols is 2. The van der Waals surface area contributed by atoms with E-state index in [0.29, 0.717) is 13.0 Å². The molecule has 6 heteroatoms. The van der Waals surface area contributed by atoms with Crippen LogP contribution in [-0.4, -0.2) is 46.7 Å². The quantitative estimate of drug-likeness (QED) is 0.796. The molecule has 6 nitrogen and oxygen atoms in total. The molecule has 1 aliphatic rings. The largest absolute Gasteiger partial charge is 0.507 e. The molecule has 0 bridgehead atoms. The Morgan fingerprint density at radius 1 is 1.25 bits per heavy atom. The molecule has 1 atom stereocenters. The van der Waals surface area contributed by atoms with Crippen molar-refractivity contribution in [3.05, 3.63) is 23.8 Å². The highest BCUT2D eigenvalue weighted by Gasteiger charge is 2.35. The Hall–Kier alpha value is -2.24. The third-order valence-corrected chi connectivity index (χ3v) is 3.47. The Morgan fingerprint density at radius 2 is 1.90 bits per heavy atom. The van der Waals surface area contributed by atoms with Gasteiger partial charge < -0.3 is 19.8 Å². The van der Waals surface area contributed by atoms with Gasteiger partial charge in [-0.05, 0) is 31.4 Å². The third-order valence-electron chi connectivity index (χ3n) is 3.47. The van der Waals surface area contributed by atoms with Crippen molar-refractivity contribution < 1.29 is 24.5 Å². The Labute approximate surface area is 116 Å². The van der Waals surface area contributed by atoms with Crippen molar-refractivity contribution >= 4 is 11.9 Å². The summed E-state index contributed by atoms with van der Waals surface area (Å²) in [6.45, 7) is 0.395. The minimum absolute atomic E-state index is 0.177. The molecular weight excluding hydrogens is 262 g/mol. The number of hydrogen-bond acceptors (Lipinski definition) is 5. The van der Waals surface area contributed by atoms with Gasteiger partial charge in [0.25, 0.3) is 5.91 Å². The van der Waals surface area contributed by atoms with Crippen LogP contribution in [0.2, 0.25) is 0 Å². The molecule has 1 aromatic rings. The third kappa shape index (κ3) is 2.54. The van der Waals surface area contributed by atoms with E-state index in [-0.39, 0.29) is 17.1 Å². The topological polar surface area (TPSA) is 87.1 Å². The van der Waals surface area contributed by atoms with Gasteiger partial charge in [0.15, 0.2) is 0 Å². The van der Waals surface area contributed by atoms with E-state index in [1.807, 2.05) is 0 Å². The van der Waals surface area contributed by atoms with Crippen molar-refractivity contribution in [2.75, 3.05) is 13.7 Å². The highest BCUT2D eigenvalue weighted by molar-refractivity contribution is 6.01. The molecule has 2 N–H and O–H groups in total. The van der Waals surface area contributed by atoms with Crippen LogP contribution in [0.4, 0.5) is 0 Å². The zero-order valence-corrected chi connectivity index (χ0v) is 11.2. The number of esters is 1. The van der Waals surface area contributed by atoms with Gasteiger partial charge in [-0.25, -0.2) is 4.79 Å². The van der Waals surface area contributed by atoms with Crippen molar-refractivity contribution in [3.63, 3.8) is 0 Å². The molecule has 1 aromatic carbocycles. The molecule has 20 heavy (non-hydrogen) atoms. The lowest BCUT2D eigenvalue weighted by molar-refractivity contribution is -0.147. The number of benzene rings is 1. The standard InChI is InChI=1S/C14H17NO5/c1-20-14(19)9-5-2-3-8-15(9)13(18)12-10(16)6-4-7-11(12)17/h4,6-7,9,16-17H,2-3,5,8H2,1H3/t9-/m1/s1. The second kappa shape index (κ2) is 5.81. The van der Waals surface area contributed by atoms with Gasteiger partial charge in [0.05, 0.1) is 7.11 Å². The van der Waals surface area contributed by atoms with E-state index in [1.54, 1.807) is 0 Å². The number of amides is 1. The van der Waals surface area contributed by atoms with Crippen LogP contribution < -0.4 is 0 Å². The molecule has 0 spiro atoms. The molecule has 1 fully saturated rings. The van der Waals surface area contributed by atoms with Gasteiger partial charge in [-0.15, -0.1) is 0 Å². The number of rotatable bonds is 2. The Morgan fingerprint density at radius 3 is 2.50 bits per heavy atom. The van der Waals surface area contributed by atoms with Gasteiger partial charge in [-0.1, -0.05) is 6.07 Å². The summed E-state index contributed by atoms with van der Waals surface area (Å²) in [4.78, 5) is 25.6. The van der Waals surface area contributed by atoms with Crippen molar-refractivity contribution in [3.8, 4) is 11.5 Å². The van der Waals surface area contributed by atoms with Crippen molar-refractivity contribution in [2.24, 2.45) is 0 Å². The highest BCUT2D eigenvalue weighted by atomic mass is 16.5. The van der Waals surface area contributed by atoms with Crippen molar-refractivity contribution in [1.82, 2.24) is 4.90 Å². The number of carbonyl (C=O) groups excluding carboxylic acids is 2. The average Bonchev–Trinajstić information content (AvgIpc) is 2.46. The number of likely N-dealkylation sites (tertiary alicyclic amines) is 1. The fourth-order valence-electron chi connectivity index (χ4n) is 2.45. The predicted molar refractivity (Wildman–Crippen MR) is 70.5 cm³/mol. The monoisotopic (exact) mass is 279 g/mol. The lowest BCUT2D eigenvalue weighted by Gasteiger charge is -2.34. The van der Waals surface area contributed by atoms with Crippen molar-refractivity contribution in [1.29, 1.82) is 0 Å². The van der Waals surface area contributed by atoms with Crippen molar-refractivity contribution in [2.45, 2.75) is 25.3 Å². The molecule has 1 amide bonds. The average molecular weight is 279 g/mol. The predicted octanol–water partition coefficient (Wildman–Crippen LogP) is 1.27. The lowest BCUT2D eigenvalue weighted by Crippen LogP contribution is -2.48. The highest BCUT2D eigenvalue weighted by Crippen LogP contribution is 2.30. The SMILES string of the molecule is COC(=O)[C@H]1CCCCN1C(=O)c1c(O)cccc1O. The maximum atomic E-state index is 12.5. The Balaban J connectivity index is 2.33. The zero-order chi connectivity index (χ0) is 14.7. The van der Waals surface area contributed by atoms with Gasteiger partial charge in [0.1, 0.15) is 23.1 Å². The van der Waals surface area contributed by atoms with Gasteiger partial charge in [0.2, 0.25) is 0 Å². The first-order valence-electron chi connectivity index (χ1n) is 6.46. The second-order valence-electron chi connectivity index (χ2n) is 4.70. The van der Waals surface area contributed by atoms with Gasteiger partial charge >= 0.3 is 5.97 Å². The smallest absolute Gasteiger partial charge is 0.328 e.